The fourth-order valence-electron chi connectivity index (χ4n) is 1.90. The van der Waals surface area contributed by atoms with Crippen molar-refractivity contribution in [1.82, 2.24) is 15.1 Å². The van der Waals surface area contributed by atoms with Crippen molar-refractivity contribution in [3.63, 3.8) is 0 Å². The van der Waals surface area contributed by atoms with Crippen molar-refractivity contribution in [1.29, 1.82) is 0 Å². The number of nitrogens with one attached hydrogen (secondary N) is 1. The highest BCUT2D eigenvalue weighted by Gasteiger charge is 2.12. The molecular weight excluding hydrogens is 306 g/mol. The molecule has 0 aliphatic heterocycles. The molecule has 0 aliphatic rings. The van der Waals surface area contributed by atoms with E-state index >= 15 is 0 Å². The van der Waals surface area contributed by atoms with Crippen LogP contribution in [0.2, 0.25) is 0 Å². The van der Waals surface area contributed by atoms with E-state index in [-0.39, 0.29) is 18.5 Å². The molecular formula is C14H16BrN3O. The second-order valence-electron chi connectivity index (χ2n) is 4.28. The van der Waals surface area contributed by atoms with Crippen LogP contribution >= 0.6 is 15.9 Å². The number of carbonyl (C=O) groups excluding carboxylic acids is 1. The van der Waals surface area contributed by atoms with Gasteiger partial charge in [-0.1, -0.05) is 35.0 Å². The average molecular weight is 322 g/mol. The van der Waals surface area contributed by atoms with Crippen LogP contribution in [0.1, 0.15) is 24.9 Å². The summed E-state index contributed by atoms with van der Waals surface area (Å²) >= 11 is 3.41. The van der Waals surface area contributed by atoms with E-state index in [1.165, 1.54) is 0 Å². The Bertz CT molecular complexity index is 522. The number of hydrogen-bond donors (Lipinski definition) is 1. The molecule has 0 fully saturated rings. The van der Waals surface area contributed by atoms with Gasteiger partial charge in [0.15, 0.2) is 0 Å². The second-order valence-corrected chi connectivity index (χ2v) is 5.20. The summed E-state index contributed by atoms with van der Waals surface area (Å²) in [7, 11) is 0. The number of amides is 1. The highest BCUT2D eigenvalue weighted by Crippen LogP contribution is 2.19. The van der Waals surface area contributed by atoms with Gasteiger partial charge in [-0.15, -0.1) is 0 Å². The predicted molar refractivity (Wildman–Crippen MR) is 77.5 cm³/mol. The molecule has 4 nitrogen and oxygen atoms in total. The van der Waals surface area contributed by atoms with Crippen molar-refractivity contribution in [3.05, 3.63) is 52.8 Å². The monoisotopic (exact) mass is 321 g/mol. The van der Waals surface area contributed by atoms with Crippen LogP contribution in [0.15, 0.2) is 47.2 Å². The van der Waals surface area contributed by atoms with Gasteiger partial charge in [-0.2, -0.15) is 5.10 Å². The van der Waals surface area contributed by atoms with Gasteiger partial charge in [0.1, 0.15) is 6.54 Å². The third kappa shape index (κ3) is 3.92. The number of carbonyl (C=O) groups is 1. The highest BCUT2D eigenvalue weighted by molar-refractivity contribution is 9.10. The average Bonchev–Trinajstić information content (AvgIpc) is 2.90. The van der Waals surface area contributed by atoms with Crippen molar-refractivity contribution in [2.24, 2.45) is 0 Å². The van der Waals surface area contributed by atoms with Crippen LogP contribution in [0.25, 0.3) is 0 Å². The summed E-state index contributed by atoms with van der Waals surface area (Å²) in [6.07, 6.45) is 4.30. The minimum Gasteiger partial charge on any atom is -0.348 e. The van der Waals surface area contributed by atoms with Crippen molar-refractivity contribution in [2.75, 3.05) is 0 Å². The molecule has 1 heterocycles. The van der Waals surface area contributed by atoms with Crippen LogP contribution in [-0.2, 0) is 11.3 Å². The van der Waals surface area contributed by atoms with Gasteiger partial charge in [0.05, 0.1) is 6.04 Å². The fraction of sp³-hybridized carbons (Fsp3) is 0.286. The maximum Gasteiger partial charge on any atom is 0.242 e. The zero-order chi connectivity index (χ0) is 13.7. The van der Waals surface area contributed by atoms with E-state index in [0.717, 1.165) is 16.5 Å². The molecule has 100 valence electrons. The highest BCUT2D eigenvalue weighted by atomic mass is 79.9. The van der Waals surface area contributed by atoms with Crippen LogP contribution in [0.5, 0.6) is 0 Å². The number of benzene rings is 1. The number of rotatable bonds is 5. The van der Waals surface area contributed by atoms with E-state index in [9.17, 15) is 4.79 Å². The molecule has 1 amide bonds. The van der Waals surface area contributed by atoms with Crippen LogP contribution in [0.4, 0.5) is 0 Å². The van der Waals surface area contributed by atoms with Gasteiger partial charge < -0.3 is 5.32 Å². The predicted octanol–water partition coefficient (Wildman–Crippen LogP) is 2.91. The first-order valence-corrected chi connectivity index (χ1v) is 7.00. The summed E-state index contributed by atoms with van der Waals surface area (Å²) < 4.78 is 2.65. The first-order chi connectivity index (χ1) is 9.19. The van der Waals surface area contributed by atoms with Gasteiger partial charge in [0.25, 0.3) is 0 Å². The molecule has 2 rings (SSSR count). The molecule has 1 atom stereocenters. The molecule has 0 aliphatic carbocycles. The first-order valence-electron chi connectivity index (χ1n) is 6.21. The van der Waals surface area contributed by atoms with E-state index in [4.69, 9.17) is 0 Å². The summed E-state index contributed by atoms with van der Waals surface area (Å²) in [6.45, 7) is 2.31. The standard InChI is InChI=1S/C14H16BrN3O/c1-2-13(11-4-6-12(15)7-5-11)17-14(19)10-18-9-3-8-16-18/h3-9,13H,2,10H2,1H3,(H,17,19). The van der Waals surface area contributed by atoms with E-state index in [1.54, 1.807) is 23.1 Å². The van der Waals surface area contributed by atoms with E-state index < -0.39 is 0 Å². The Hall–Kier alpha value is -1.62. The lowest BCUT2D eigenvalue weighted by molar-refractivity contribution is -0.122. The zero-order valence-corrected chi connectivity index (χ0v) is 12.3. The van der Waals surface area contributed by atoms with Gasteiger partial charge in [-0.3, -0.25) is 9.48 Å². The molecule has 0 saturated heterocycles. The zero-order valence-electron chi connectivity index (χ0n) is 10.7. The van der Waals surface area contributed by atoms with Gasteiger partial charge in [-0.05, 0) is 30.2 Å². The minimum atomic E-state index is -0.0292. The summed E-state index contributed by atoms with van der Waals surface area (Å²) in [5.41, 5.74) is 1.11. The molecule has 0 spiro atoms. The maximum atomic E-state index is 11.9. The van der Waals surface area contributed by atoms with Gasteiger partial charge in [0, 0.05) is 16.9 Å². The number of hydrogen-bond acceptors (Lipinski definition) is 2. The number of aromatic nitrogens is 2. The Kier molecular flexibility index (Phi) is 4.74. The Morgan fingerprint density at radius 1 is 1.42 bits per heavy atom. The summed E-state index contributed by atoms with van der Waals surface area (Å²) in [4.78, 5) is 11.9. The second kappa shape index (κ2) is 6.52. The SMILES string of the molecule is CCC(NC(=O)Cn1cccn1)c1ccc(Br)cc1. The van der Waals surface area contributed by atoms with Gasteiger partial charge in [-0.25, -0.2) is 0 Å². The van der Waals surface area contributed by atoms with Crippen LogP contribution in [-0.4, -0.2) is 15.7 Å². The summed E-state index contributed by atoms with van der Waals surface area (Å²) in [5.74, 6) is -0.0292. The van der Waals surface area contributed by atoms with Crippen LogP contribution in [0, 0.1) is 0 Å². The van der Waals surface area contributed by atoms with Crippen molar-refractivity contribution in [3.8, 4) is 0 Å². The van der Waals surface area contributed by atoms with E-state index in [0.29, 0.717) is 0 Å². The minimum absolute atomic E-state index is 0.0292. The molecule has 1 aromatic heterocycles. The lowest BCUT2D eigenvalue weighted by Crippen LogP contribution is -2.31. The van der Waals surface area contributed by atoms with Crippen molar-refractivity contribution < 1.29 is 4.79 Å². The number of halogens is 1. The van der Waals surface area contributed by atoms with Crippen molar-refractivity contribution >= 4 is 21.8 Å². The normalized spacial score (nSPS) is 12.1. The third-order valence-corrected chi connectivity index (χ3v) is 3.41. The molecule has 1 unspecified atom stereocenters. The molecule has 0 radical (unpaired) electrons. The third-order valence-electron chi connectivity index (χ3n) is 2.88. The Morgan fingerprint density at radius 2 is 2.16 bits per heavy atom. The Labute approximate surface area is 120 Å². The molecule has 1 N–H and O–H groups in total. The molecule has 0 saturated carbocycles. The lowest BCUT2D eigenvalue weighted by Gasteiger charge is -2.17. The summed E-state index contributed by atoms with van der Waals surface area (Å²) in [5, 5.41) is 7.05. The smallest absolute Gasteiger partial charge is 0.242 e. The number of nitrogens with zero attached hydrogens (tertiary/aromatic N) is 2. The van der Waals surface area contributed by atoms with Crippen molar-refractivity contribution in [2.45, 2.75) is 25.9 Å². The maximum absolute atomic E-state index is 11.9. The van der Waals surface area contributed by atoms with E-state index in [1.807, 2.05) is 24.3 Å². The van der Waals surface area contributed by atoms with Gasteiger partial charge >= 0.3 is 0 Å². The largest absolute Gasteiger partial charge is 0.348 e. The molecule has 1 aromatic carbocycles. The fourth-order valence-corrected chi connectivity index (χ4v) is 2.16. The van der Waals surface area contributed by atoms with Crippen LogP contribution < -0.4 is 5.32 Å². The topological polar surface area (TPSA) is 46.9 Å². The first kappa shape index (κ1) is 13.8. The molecule has 5 heteroatoms. The molecule has 2 aromatic rings. The summed E-state index contributed by atoms with van der Waals surface area (Å²) in [6, 6.07) is 9.85. The van der Waals surface area contributed by atoms with Gasteiger partial charge in [0.2, 0.25) is 5.91 Å². The molecule has 0 bridgehead atoms. The Morgan fingerprint density at radius 3 is 2.74 bits per heavy atom. The van der Waals surface area contributed by atoms with E-state index in [2.05, 4.69) is 33.3 Å². The molecule has 19 heavy (non-hydrogen) atoms. The van der Waals surface area contributed by atoms with Crippen LogP contribution in [0.3, 0.4) is 0 Å². The quantitative estimate of drug-likeness (QED) is 0.920. The lowest BCUT2D eigenvalue weighted by atomic mass is 10.0. The Balaban J connectivity index is 1.98.